The van der Waals surface area contributed by atoms with Gasteiger partial charge in [-0.05, 0) is 44.6 Å². The lowest BCUT2D eigenvalue weighted by Crippen LogP contribution is -2.46. The summed E-state index contributed by atoms with van der Waals surface area (Å²) in [5.74, 6) is 0.316. The second-order valence-corrected chi connectivity index (χ2v) is 7.25. The van der Waals surface area contributed by atoms with Crippen molar-refractivity contribution < 1.29 is 9.59 Å². The Morgan fingerprint density at radius 1 is 1.08 bits per heavy atom. The minimum absolute atomic E-state index is 0.205. The number of allylic oxidation sites excluding steroid dienone is 1. The molecule has 2 amide bonds. The fourth-order valence-electron chi connectivity index (χ4n) is 3.81. The number of amides is 2. The zero-order chi connectivity index (χ0) is 17.2. The minimum atomic E-state index is -0.428. The molecule has 0 aromatic carbocycles. The number of hydrogen-bond acceptors (Lipinski definition) is 5. The molecule has 2 fully saturated rings. The van der Waals surface area contributed by atoms with Crippen molar-refractivity contribution in [2.75, 3.05) is 0 Å². The van der Waals surface area contributed by atoms with Gasteiger partial charge in [-0.25, -0.2) is 0 Å². The van der Waals surface area contributed by atoms with Crippen LogP contribution in [0, 0.1) is 11.8 Å². The van der Waals surface area contributed by atoms with E-state index >= 15 is 0 Å². The summed E-state index contributed by atoms with van der Waals surface area (Å²) in [5, 5.41) is 14.4. The Bertz CT molecular complexity index is 690. The molecule has 2 saturated carbocycles. The van der Waals surface area contributed by atoms with Crippen LogP contribution < -0.4 is 10.6 Å². The van der Waals surface area contributed by atoms with Gasteiger partial charge in [0, 0.05) is 24.2 Å². The minimum Gasteiger partial charge on any atom is -0.364 e. The first-order valence-corrected chi connectivity index (χ1v) is 9.18. The molecular formula is C18H23N5O2. The monoisotopic (exact) mass is 341 g/mol. The van der Waals surface area contributed by atoms with E-state index in [-0.39, 0.29) is 29.8 Å². The lowest BCUT2D eigenvalue weighted by Gasteiger charge is -2.33. The molecule has 7 nitrogen and oxygen atoms in total. The van der Waals surface area contributed by atoms with Gasteiger partial charge in [0.1, 0.15) is 11.6 Å². The second-order valence-electron chi connectivity index (χ2n) is 7.25. The first-order chi connectivity index (χ1) is 12.2. The van der Waals surface area contributed by atoms with E-state index in [1.165, 1.54) is 6.42 Å². The second kappa shape index (κ2) is 6.90. The Morgan fingerprint density at radius 2 is 1.88 bits per heavy atom. The van der Waals surface area contributed by atoms with Gasteiger partial charge in [-0.15, -0.1) is 10.2 Å². The third kappa shape index (κ3) is 3.41. The third-order valence-corrected chi connectivity index (χ3v) is 5.49. The predicted octanol–water partition coefficient (Wildman–Crippen LogP) is 2.22. The standard InChI is InChI=1S/C18H23N5O2/c24-17(11-4-1-5-11)21-13-7-2-6-12(10-13)20-16-15-14(8-3-9-19-15)18(25)23-22-16/h3,8-9,11-14,20H,1-2,4-7,10H2,(H,21,24). The van der Waals surface area contributed by atoms with Crippen LogP contribution in [0.15, 0.2) is 38.9 Å². The number of carbonyl (C=O) groups is 2. The van der Waals surface area contributed by atoms with Crippen LogP contribution in [0.4, 0.5) is 0 Å². The van der Waals surface area contributed by atoms with Crippen LogP contribution in [0.25, 0.3) is 0 Å². The maximum atomic E-state index is 12.2. The topological polar surface area (TPSA) is 95.3 Å². The molecule has 2 heterocycles. The van der Waals surface area contributed by atoms with Crippen molar-refractivity contribution in [3.8, 4) is 0 Å². The van der Waals surface area contributed by atoms with Crippen LogP contribution in [0.1, 0.15) is 44.9 Å². The number of aliphatic imine (C=N–C) groups is 1. The van der Waals surface area contributed by atoms with Crippen molar-refractivity contribution >= 4 is 18.0 Å². The molecule has 0 bridgehead atoms. The van der Waals surface area contributed by atoms with E-state index in [0.717, 1.165) is 38.5 Å². The van der Waals surface area contributed by atoms with Gasteiger partial charge in [-0.1, -0.05) is 12.5 Å². The molecule has 2 aliphatic heterocycles. The van der Waals surface area contributed by atoms with Crippen molar-refractivity contribution in [3.05, 3.63) is 23.7 Å². The van der Waals surface area contributed by atoms with Crippen molar-refractivity contribution in [1.29, 1.82) is 0 Å². The van der Waals surface area contributed by atoms with E-state index in [1.807, 2.05) is 0 Å². The highest BCUT2D eigenvalue weighted by Gasteiger charge is 2.32. The summed E-state index contributed by atoms with van der Waals surface area (Å²) < 4.78 is 0. The Kier molecular flexibility index (Phi) is 4.46. The number of azo groups is 1. The van der Waals surface area contributed by atoms with Crippen molar-refractivity contribution in [2.45, 2.75) is 57.0 Å². The lowest BCUT2D eigenvalue weighted by atomic mass is 9.83. The molecule has 2 N–H and O–H groups in total. The molecule has 4 aliphatic rings. The fraction of sp³-hybridized carbons (Fsp3) is 0.611. The summed E-state index contributed by atoms with van der Waals surface area (Å²) in [5.41, 5.74) is 0.642. The summed E-state index contributed by atoms with van der Waals surface area (Å²) in [4.78, 5) is 28.3. The fourth-order valence-corrected chi connectivity index (χ4v) is 3.81. The van der Waals surface area contributed by atoms with E-state index in [1.54, 1.807) is 18.4 Å². The van der Waals surface area contributed by atoms with Crippen molar-refractivity contribution in [1.82, 2.24) is 10.6 Å². The van der Waals surface area contributed by atoms with Gasteiger partial charge in [-0.3, -0.25) is 14.6 Å². The molecule has 2 aliphatic carbocycles. The van der Waals surface area contributed by atoms with Crippen LogP contribution in [0.5, 0.6) is 0 Å². The van der Waals surface area contributed by atoms with Crippen LogP contribution in [0.3, 0.4) is 0 Å². The molecule has 0 spiro atoms. The summed E-state index contributed by atoms with van der Waals surface area (Å²) in [6.07, 6.45) is 12.4. The molecule has 3 atom stereocenters. The Morgan fingerprint density at radius 3 is 2.68 bits per heavy atom. The summed E-state index contributed by atoms with van der Waals surface area (Å²) in [7, 11) is 0. The number of nitrogens with zero attached hydrogens (tertiary/aromatic N) is 3. The van der Waals surface area contributed by atoms with E-state index in [4.69, 9.17) is 0 Å². The average molecular weight is 341 g/mol. The van der Waals surface area contributed by atoms with Crippen molar-refractivity contribution in [2.24, 2.45) is 27.1 Å². The van der Waals surface area contributed by atoms with Gasteiger partial charge >= 0.3 is 0 Å². The predicted molar refractivity (Wildman–Crippen MR) is 92.7 cm³/mol. The summed E-state index contributed by atoms with van der Waals surface area (Å²) in [6.45, 7) is 0. The van der Waals surface area contributed by atoms with Gasteiger partial charge in [0.2, 0.25) is 5.91 Å². The zero-order valence-electron chi connectivity index (χ0n) is 14.1. The van der Waals surface area contributed by atoms with E-state index in [2.05, 4.69) is 25.9 Å². The molecule has 0 aromatic heterocycles. The zero-order valence-corrected chi connectivity index (χ0v) is 14.1. The highest BCUT2D eigenvalue weighted by Crippen LogP contribution is 2.29. The van der Waals surface area contributed by atoms with Gasteiger partial charge < -0.3 is 10.6 Å². The molecule has 4 rings (SSSR count). The van der Waals surface area contributed by atoms with Crippen molar-refractivity contribution in [3.63, 3.8) is 0 Å². The smallest absolute Gasteiger partial charge is 0.277 e. The first kappa shape index (κ1) is 16.2. The number of hydrogen-bond donors (Lipinski definition) is 2. The van der Waals surface area contributed by atoms with Gasteiger partial charge in [0.15, 0.2) is 5.82 Å². The van der Waals surface area contributed by atoms with Crippen LogP contribution in [-0.2, 0) is 9.59 Å². The number of nitrogens with one attached hydrogen (secondary N) is 2. The SMILES string of the molecule is O=C(NC1CCCC(NC2=C3N=CC=CC3C(=O)N=N2)C1)C1CCC1. The highest BCUT2D eigenvalue weighted by atomic mass is 16.2. The van der Waals surface area contributed by atoms with Crippen LogP contribution in [0.2, 0.25) is 0 Å². The van der Waals surface area contributed by atoms with Gasteiger partial charge in [0.25, 0.3) is 5.91 Å². The molecule has 0 saturated heterocycles. The van der Waals surface area contributed by atoms with E-state index < -0.39 is 5.92 Å². The lowest BCUT2D eigenvalue weighted by molar-refractivity contribution is -0.128. The normalized spacial score (nSPS) is 31.5. The molecule has 7 heteroatoms. The van der Waals surface area contributed by atoms with Crippen LogP contribution in [-0.4, -0.2) is 30.1 Å². The van der Waals surface area contributed by atoms with E-state index in [9.17, 15) is 9.59 Å². The number of dihydropyridines is 1. The Labute approximate surface area is 146 Å². The summed E-state index contributed by atoms with van der Waals surface area (Å²) in [6, 6.07) is 0.412. The average Bonchev–Trinajstić information content (AvgIpc) is 2.56. The quantitative estimate of drug-likeness (QED) is 0.821. The largest absolute Gasteiger partial charge is 0.364 e. The molecule has 0 aromatic rings. The molecule has 25 heavy (non-hydrogen) atoms. The Hall–Kier alpha value is -2.31. The Balaban J connectivity index is 1.39. The van der Waals surface area contributed by atoms with Crippen LogP contribution >= 0.6 is 0 Å². The maximum Gasteiger partial charge on any atom is 0.277 e. The maximum absolute atomic E-state index is 12.2. The molecule has 0 radical (unpaired) electrons. The molecule has 132 valence electrons. The number of fused-ring (bicyclic) bond motifs is 1. The summed E-state index contributed by atoms with van der Waals surface area (Å²) >= 11 is 0. The number of carbonyl (C=O) groups excluding carboxylic acids is 2. The van der Waals surface area contributed by atoms with Gasteiger partial charge in [0.05, 0.1) is 0 Å². The van der Waals surface area contributed by atoms with Gasteiger partial charge in [-0.2, -0.15) is 0 Å². The first-order valence-electron chi connectivity index (χ1n) is 9.18. The third-order valence-electron chi connectivity index (χ3n) is 5.49. The number of rotatable bonds is 4. The van der Waals surface area contributed by atoms with E-state index in [0.29, 0.717) is 11.5 Å². The molecular weight excluding hydrogens is 318 g/mol. The molecule has 3 unspecified atom stereocenters. The highest BCUT2D eigenvalue weighted by molar-refractivity contribution is 5.88.